The molecule has 1 saturated heterocycles. The zero-order chi connectivity index (χ0) is 30.4. The van der Waals surface area contributed by atoms with Crippen LogP contribution in [0.25, 0.3) is 0 Å². The van der Waals surface area contributed by atoms with Gasteiger partial charge in [0, 0.05) is 61.8 Å². The zero-order valence-electron chi connectivity index (χ0n) is 26.8. The van der Waals surface area contributed by atoms with E-state index in [4.69, 9.17) is 25.7 Å². The number of hydrogen-bond acceptors (Lipinski definition) is 10. The van der Waals surface area contributed by atoms with Crippen molar-refractivity contribution in [1.29, 1.82) is 0 Å². The highest BCUT2D eigenvalue weighted by molar-refractivity contribution is 5.65. The van der Waals surface area contributed by atoms with Crippen molar-refractivity contribution in [3.8, 4) is 17.2 Å². The number of nitrogens with zero attached hydrogens (tertiary/aromatic N) is 5. The van der Waals surface area contributed by atoms with Crippen LogP contribution >= 0.6 is 0 Å². The molecule has 1 fully saturated rings. The molecule has 2 unspecified atom stereocenters. The Morgan fingerprint density at radius 1 is 0.905 bits per heavy atom. The van der Waals surface area contributed by atoms with Crippen LogP contribution in [0.2, 0.25) is 0 Å². The predicted molar refractivity (Wildman–Crippen MR) is 172 cm³/mol. The number of likely N-dealkylation sites (tertiary alicyclic amines) is 1. The molecule has 10 heteroatoms. The molecule has 2 aromatic rings. The molecule has 4 rings (SSSR count). The minimum Gasteiger partial charge on any atom is -0.496 e. The highest BCUT2D eigenvalue weighted by atomic mass is 16.5. The fraction of sp³-hybridized carbons (Fsp3) is 0.625. The molecule has 0 aliphatic carbocycles. The highest BCUT2D eigenvalue weighted by Gasteiger charge is 2.41. The molecule has 0 bridgehead atoms. The third-order valence-corrected chi connectivity index (χ3v) is 9.05. The summed E-state index contributed by atoms with van der Waals surface area (Å²) in [7, 11) is 9.26. The van der Waals surface area contributed by atoms with Crippen LogP contribution in [0.3, 0.4) is 0 Å². The lowest BCUT2D eigenvalue weighted by atomic mass is 9.96. The van der Waals surface area contributed by atoms with Gasteiger partial charge in [-0.1, -0.05) is 19.9 Å². The summed E-state index contributed by atoms with van der Waals surface area (Å²) < 4.78 is 17.1. The molecule has 10 nitrogen and oxygen atoms in total. The van der Waals surface area contributed by atoms with Crippen LogP contribution in [-0.4, -0.2) is 102 Å². The van der Waals surface area contributed by atoms with E-state index < -0.39 is 0 Å². The van der Waals surface area contributed by atoms with Crippen molar-refractivity contribution >= 4 is 11.4 Å². The Kier molecular flexibility index (Phi) is 11.2. The number of anilines is 2. The molecule has 42 heavy (non-hydrogen) atoms. The maximum Gasteiger partial charge on any atom is 0.162 e. The van der Waals surface area contributed by atoms with E-state index in [-0.39, 0.29) is 18.5 Å². The van der Waals surface area contributed by atoms with Gasteiger partial charge in [0.25, 0.3) is 0 Å². The molecule has 0 radical (unpaired) electrons. The monoisotopic (exact) mass is 583 g/mol. The Morgan fingerprint density at radius 3 is 2.14 bits per heavy atom. The Hall–Kier alpha value is -2.76. The van der Waals surface area contributed by atoms with Gasteiger partial charge in [-0.15, -0.1) is 0 Å². The van der Waals surface area contributed by atoms with E-state index in [0.717, 1.165) is 82.1 Å². The molecule has 4 N–H and O–H groups in total. The van der Waals surface area contributed by atoms with Crippen molar-refractivity contribution in [3.05, 3.63) is 41.5 Å². The molecule has 234 valence electrons. The number of piperidine rings is 1. The van der Waals surface area contributed by atoms with E-state index in [1.165, 1.54) is 11.3 Å². The molecule has 0 spiro atoms. The van der Waals surface area contributed by atoms with Gasteiger partial charge in [0.15, 0.2) is 11.5 Å². The SMILES string of the molecule is CCN(CC)CCCN1c2cc(OC)c(OC)cc2C(N)N(C2CCN(Cc3c(OC)cccc3N(C)C)CC2)C1N. The van der Waals surface area contributed by atoms with Gasteiger partial charge in [-0.2, -0.15) is 0 Å². The van der Waals surface area contributed by atoms with Crippen LogP contribution in [0.1, 0.15) is 50.4 Å². The Bertz CT molecular complexity index is 1150. The van der Waals surface area contributed by atoms with Crippen molar-refractivity contribution in [2.24, 2.45) is 11.5 Å². The molecule has 0 amide bonds. The van der Waals surface area contributed by atoms with Crippen LogP contribution < -0.4 is 35.5 Å². The summed E-state index contributed by atoms with van der Waals surface area (Å²) in [5, 5.41) is 0. The molecule has 2 aliphatic rings. The molecule has 0 aromatic heterocycles. The second-order valence-corrected chi connectivity index (χ2v) is 11.5. The van der Waals surface area contributed by atoms with Crippen LogP contribution in [-0.2, 0) is 6.54 Å². The minimum atomic E-state index is -0.333. The summed E-state index contributed by atoms with van der Waals surface area (Å²) in [6.45, 7) is 11.2. The first-order chi connectivity index (χ1) is 20.3. The van der Waals surface area contributed by atoms with Crippen molar-refractivity contribution in [3.63, 3.8) is 0 Å². The van der Waals surface area contributed by atoms with E-state index in [1.807, 2.05) is 12.1 Å². The molecule has 2 heterocycles. The van der Waals surface area contributed by atoms with Crippen LogP contribution in [0.15, 0.2) is 30.3 Å². The maximum absolute atomic E-state index is 7.10. The molecular formula is C32H53N7O3. The average molecular weight is 584 g/mol. The fourth-order valence-electron chi connectivity index (χ4n) is 6.62. The Balaban J connectivity index is 1.54. The van der Waals surface area contributed by atoms with Gasteiger partial charge < -0.3 is 34.6 Å². The summed E-state index contributed by atoms with van der Waals surface area (Å²) in [6, 6.07) is 10.6. The lowest BCUT2D eigenvalue weighted by molar-refractivity contribution is 0.0281. The van der Waals surface area contributed by atoms with Gasteiger partial charge in [0.1, 0.15) is 12.0 Å². The fourth-order valence-corrected chi connectivity index (χ4v) is 6.62. The second kappa shape index (κ2) is 14.6. The smallest absolute Gasteiger partial charge is 0.162 e. The van der Waals surface area contributed by atoms with Gasteiger partial charge in [-0.25, -0.2) is 4.90 Å². The lowest BCUT2D eigenvalue weighted by Crippen LogP contribution is -2.64. The van der Waals surface area contributed by atoms with Crippen molar-refractivity contribution in [2.75, 3.05) is 84.5 Å². The summed E-state index contributed by atoms with van der Waals surface area (Å²) >= 11 is 0. The first-order valence-electron chi connectivity index (χ1n) is 15.4. The van der Waals surface area contributed by atoms with Gasteiger partial charge in [-0.05, 0) is 70.2 Å². The summed E-state index contributed by atoms with van der Waals surface area (Å²) in [6.07, 6.45) is 2.33. The van der Waals surface area contributed by atoms with Crippen molar-refractivity contribution in [2.45, 2.75) is 58.2 Å². The second-order valence-electron chi connectivity index (χ2n) is 11.5. The van der Waals surface area contributed by atoms with E-state index in [2.05, 4.69) is 70.6 Å². The first kappa shape index (κ1) is 32.2. The topological polar surface area (TPSA) is 95.9 Å². The Labute approximate surface area is 253 Å². The van der Waals surface area contributed by atoms with Crippen molar-refractivity contribution < 1.29 is 14.2 Å². The average Bonchev–Trinajstić information content (AvgIpc) is 3.00. The van der Waals surface area contributed by atoms with E-state index >= 15 is 0 Å². The summed E-state index contributed by atoms with van der Waals surface area (Å²) in [4.78, 5) is 11.8. The summed E-state index contributed by atoms with van der Waals surface area (Å²) in [5.41, 5.74) is 18.6. The van der Waals surface area contributed by atoms with Crippen molar-refractivity contribution in [1.82, 2.24) is 14.7 Å². The van der Waals surface area contributed by atoms with Crippen LogP contribution in [0, 0.1) is 0 Å². The maximum atomic E-state index is 7.10. The minimum absolute atomic E-state index is 0.267. The molecule has 2 aromatic carbocycles. The lowest BCUT2D eigenvalue weighted by Gasteiger charge is -2.52. The van der Waals surface area contributed by atoms with Crippen LogP contribution in [0.4, 0.5) is 11.4 Å². The molecule has 0 saturated carbocycles. The predicted octanol–water partition coefficient (Wildman–Crippen LogP) is 3.50. The van der Waals surface area contributed by atoms with Gasteiger partial charge >= 0.3 is 0 Å². The van der Waals surface area contributed by atoms with E-state index in [9.17, 15) is 0 Å². The van der Waals surface area contributed by atoms with Gasteiger partial charge in [0.05, 0.1) is 27.5 Å². The van der Waals surface area contributed by atoms with Gasteiger partial charge in [-0.3, -0.25) is 10.6 Å². The Morgan fingerprint density at radius 2 is 1.55 bits per heavy atom. The number of methoxy groups -OCH3 is 3. The quantitative estimate of drug-likeness (QED) is 0.365. The molecule has 2 aliphatic heterocycles. The highest BCUT2D eigenvalue weighted by Crippen LogP contribution is 2.44. The van der Waals surface area contributed by atoms with E-state index in [1.54, 1.807) is 21.3 Å². The number of nitrogens with two attached hydrogens (primary N) is 2. The third kappa shape index (κ3) is 6.73. The number of ether oxygens (including phenoxy) is 3. The normalized spacial score (nSPS) is 20.1. The first-order valence-corrected chi connectivity index (χ1v) is 15.4. The van der Waals surface area contributed by atoms with Gasteiger partial charge in [0.2, 0.25) is 0 Å². The zero-order valence-corrected chi connectivity index (χ0v) is 26.8. The standard InChI is InChI=1S/C32H53N7O3/c1-8-36(9-2)16-11-17-38-27-21-30(42-7)29(41-6)20-24(27)31(33)39(32(38)34)23-14-18-37(19-15-23)22-25-26(35(3)4)12-10-13-28(25)40-5/h10,12-13,20-21,23,31-32H,8-9,11,14-19,22,33-34H2,1-7H3. The number of rotatable bonds is 13. The number of hydrogen-bond donors (Lipinski definition) is 2. The van der Waals surface area contributed by atoms with E-state index in [0.29, 0.717) is 11.5 Å². The number of benzene rings is 2. The number of fused-ring (bicyclic) bond motifs is 1. The largest absolute Gasteiger partial charge is 0.496 e. The molecule has 2 atom stereocenters. The third-order valence-electron chi connectivity index (χ3n) is 9.05. The summed E-state index contributed by atoms with van der Waals surface area (Å²) in [5.74, 6) is 2.32. The van der Waals surface area contributed by atoms with Crippen LogP contribution in [0.5, 0.6) is 17.2 Å². The molecular weight excluding hydrogens is 530 g/mol.